The van der Waals surface area contributed by atoms with Crippen LogP contribution in [0.15, 0.2) is 60.7 Å². The Morgan fingerprint density at radius 3 is 2.45 bits per heavy atom. The molecule has 104 valence electrons. The lowest BCUT2D eigenvalue weighted by atomic mass is 10.1. The van der Waals surface area contributed by atoms with Crippen LogP contribution in [-0.4, -0.2) is 4.98 Å². The van der Waals surface area contributed by atoms with E-state index >= 15 is 0 Å². The van der Waals surface area contributed by atoms with Gasteiger partial charge in [-0.1, -0.05) is 48.6 Å². The third-order valence-electron chi connectivity index (χ3n) is 4.22. The lowest BCUT2D eigenvalue weighted by Crippen LogP contribution is -1.87. The van der Waals surface area contributed by atoms with E-state index in [-0.39, 0.29) is 0 Å². The van der Waals surface area contributed by atoms with Crippen molar-refractivity contribution in [2.75, 3.05) is 0 Å². The van der Waals surface area contributed by atoms with Crippen LogP contribution in [0.1, 0.15) is 11.1 Å². The standard InChI is InChI=1S/C20H13NO/c1-4-8-19-13(5-1)9-10-14-11-18-16(12-20(14)22-19)15-6-2-3-7-17(15)21-18/h1-12,21H. The number of hydrogen-bond donors (Lipinski definition) is 1. The Balaban J connectivity index is 1.81. The molecule has 0 saturated heterocycles. The van der Waals surface area contributed by atoms with Crippen molar-refractivity contribution in [1.82, 2.24) is 4.98 Å². The van der Waals surface area contributed by atoms with E-state index in [0.29, 0.717) is 0 Å². The zero-order valence-electron chi connectivity index (χ0n) is 11.8. The van der Waals surface area contributed by atoms with Gasteiger partial charge in [0.25, 0.3) is 0 Å². The second kappa shape index (κ2) is 4.25. The topological polar surface area (TPSA) is 25.0 Å². The van der Waals surface area contributed by atoms with Crippen LogP contribution in [-0.2, 0) is 0 Å². The van der Waals surface area contributed by atoms with Crippen molar-refractivity contribution in [1.29, 1.82) is 0 Å². The van der Waals surface area contributed by atoms with Crippen molar-refractivity contribution >= 4 is 34.0 Å². The van der Waals surface area contributed by atoms with Crippen LogP contribution in [0.25, 0.3) is 34.0 Å². The van der Waals surface area contributed by atoms with Gasteiger partial charge in [0, 0.05) is 32.9 Å². The summed E-state index contributed by atoms with van der Waals surface area (Å²) in [6, 6.07) is 20.8. The van der Waals surface area contributed by atoms with E-state index in [1.165, 1.54) is 10.8 Å². The molecular weight excluding hydrogens is 270 g/mol. The Morgan fingerprint density at radius 2 is 1.45 bits per heavy atom. The maximum atomic E-state index is 6.15. The first-order chi connectivity index (χ1) is 10.9. The summed E-state index contributed by atoms with van der Waals surface area (Å²) in [6.07, 6.45) is 4.22. The van der Waals surface area contributed by atoms with Crippen molar-refractivity contribution in [3.05, 3.63) is 71.8 Å². The number of rotatable bonds is 0. The first-order valence-corrected chi connectivity index (χ1v) is 7.38. The molecule has 0 spiro atoms. The lowest BCUT2D eigenvalue weighted by molar-refractivity contribution is 0.482. The molecule has 2 nitrogen and oxygen atoms in total. The summed E-state index contributed by atoms with van der Waals surface area (Å²) < 4.78 is 6.15. The third kappa shape index (κ3) is 1.61. The molecule has 0 aliphatic carbocycles. The van der Waals surface area contributed by atoms with E-state index in [1.54, 1.807) is 0 Å². The molecule has 0 unspecified atom stereocenters. The molecule has 0 amide bonds. The molecular formula is C20H13NO. The molecule has 0 saturated carbocycles. The number of nitrogens with one attached hydrogen (secondary N) is 1. The first kappa shape index (κ1) is 11.6. The number of aromatic amines is 1. The van der Waals surface area contributed by atoms with Crippen LogP contribution in [0.3, 0.4) is 0 Å². The second-order valence-electron chi connectivity index (χ2n) is 5.58. The van der Waals surface area contributed by atoms with Crippen molar-refractivity contribution in [3.8, 4) is 11.5 Å². The van der Waals surface area contributed by atoms with Gasteiger partial charge in [0.1, 0.15) is 11.5 Å². The van der Waals surface area contributed by atoms with Gasteiger partial charge in [0.05, 0.1) is 0 Å². The molecule has 1 N–H and O–H groups in total. The van der Waals surface area contributed by atoms with Crippen LogP contribution < -0.4 is 4.74 Å². The van der Waals surface area contributed by atoms with Gasteiger partial charge in [0.2, 0.25) is 0 Å². The number of para-hydroxylation sites is 2. The Morgan fingerprint density at radius 1 is 0.636 bits per heavy atom. The molecule has 4 aromatic rings. The Bertz CT molecular complexity index is 1060. The van der Waals surface area contributed by atoms with E-state index in [2.05, 4.69) is 59.6 Å². The molecule has 0 atom stereocenters. The van der Waals surface area contributed by atoms with E-state index < -0.39 is 0 Å². The van der Waals surface area contributed by atoms with Crippen LogP contribution >= 0.6 is 0 Å². The van der Waals surface area contributed by atoms with Gasteiger partial charge in [-0.05, 0) is 24.3 Å². The Hall–Kier alpha value is -3.00. The molecule has 1 aliphatic heterocycles. The van der Waals surface area contributed by atoms with Gasteiger partial charge in [-0.25, -0.2) is 0 Å². The summed E-state index contributed by atoms with van der Waals surface area (Å²) in [5, 5.41) is 2.42. The van der Waals surface area contributed by atoms with Crippen LogP contribution in [0.5, 0.6) is 11.5 Å². The van der Waals surface area contributed by atoms with Crippen LogP contribution in [0.4, 0.5) is 0 Å². The maximum absolute atomic E-state index is 6.15. The molecule has 0 bridgehead atoms. The van der Waals surface area contributed by atoms with Gasteiger partial charge in [-0.3, -0.25) is 0 Å². The van der Waals surface area contributed by atoms with Crippen LogP contribution in [0.2, 0.25) is 0 Å². The largest absolute Gasteiger partial charge is 0.456 e. The summed E-state index contributed by atoms with van der Waals surface area (Å²) in [5.41, 5.74) is 4.49. The van der Waals surface area contributed by atoms with Gasteiger partial charge in [0.15, 0.2) is 0 Å². The average Bonchev–Trinajstić information content (AvgIpc) is 2.80. The Labute approximate surface area is 127 Å². The highest BCUT2D eigenvalue weighted by Gasteiger charge is 2.13. The van der Waals surface area contributed by atoms with Crippen LogP contribution in [0, 0.1) is 0 Å². The smallest absolute Gasteiger partial charge is 0.135 e. The molecule has 1 aliphatic rings. The average molecular weight is 283 g/mol. The summed E-state index contributed by atoms with van der Waals surface area (Å²) in [6.45, 7) is 0. The number of hydrogen-bond acceptors (Lipinski definition) is 1. The zero-order valence-corrected chi connectivity index (χ0v) is 11.8. The van der Waals surface area contributed by atoms with Gasteiger partial charge in [-0.2, -0.15) is 0 Å². The minimum Gasteiger partial charge on any atom is -0.456 e. The summed E-state index contributed by atoms with van der Waals surface area (Å²) >= 11 is 0. The van der Waals surface area contributed by atoms with E-state index in [9.17, 15) is 0 Å². The molecule has 2 heterocycles. The molecule has 1 aromatic heterocycles. The fraction of sp³-hybridized carbons (Fsp3) is 0. The normalized spacial score (nSPS) is 12.7. The predicted molar refractivity (Wildman–Crippen MR) is 91.2 cm³/mol. The van der Waals surface area contributed by atoms with Crippen molar-refractivity contribution < 1.29 is 4.74 Å². The minimum absolute atomic E-state index is 0.900. The number of fused-ring (bicyclic) bond motifs is 5. The first-order valence-electron chi connectivity index (χ1n) is 7.38. The van der Waals surface area contributed by atoms with Crippen molar-refractivity contribution in [2.24, 2.45) is 0 Å². The zero-order chi connectivity index (χ0) is 14.5. The molecule has 3 aromatic carbocycles. The molecule has 0 fully saturated rings. The Kier molecular flexibility index (Phi) is 2.25. The predicted octanol–water partition coefficient (Wildman–Crippen LogP) is 5.60. The highest BCUT2D eigenvalue weighted by Crippen LogP contribution is 2.38. The molecule has 5 rings (SSSR count). The number of H-pyrrole nitrogens is 1. The summed E-state index contributed by atoms with van der Waals surface area (Å²) in [4.78, 5) is 3.48. The summed E-state index contributed by atoms with van der Waals surface area (Å²) in [5.74, 6) is 1.80. The SMILES string of the molecule is C1=Cc2cc3[nH]c4ccccc4c3cc2Oc2ccccc21. The van der Waals surface area contributed by atoms with Crippen molar-refractivity contribution in [3.63, 3.8) is 0 Å². The highest BCUT2D eigenvalue weighted by atomic mass is 16.5. The van der Waals surface area contributed by atoms with E-state index in [0.717, 1.165) is 33.7 Å². The number of aromatic nitrogens is 1. The number of benzene rings is 3. The number of ether oxygens (including phenoxy) is 1. The highest BCUT2D eigenvalue weighted by molar-refractivity contribution is 6.08. The van der Waals surface area contributed by atoms with E-state index in [1.807, 2.05) is 18.2 Å². The van der Waals surface area contributed by atoms with Gasteiger partial charge in [-0.15, -0.1) is 0 Å². The van der Waals surface area contributed by atoms with E-state index in [4.69, 9.17) is 4.74 Å². The molecule has 2 heteroatoms. The summed E-state index contributed by atoms with van der Waals surface area (Å²) in [7, 11) is 0. The molecule has 22 heavy (non-hydrogen) atoms. The fourth-order valence-electron chi connectivity index (χ4n) is 3.12. The third-order valence-corrected chi connectivity index (χ3v) is 4.22. The second-order valence-corrected chi connectivity index (χ2v) is 5.58. The van der Waals surface area contributed by atoms with Crippen molar-refractivity contribution in [2.45, 2.75) is 0 Å². The minimum atomic E-state index is 0.900. The maximum Gasteiger partial charge on any atom is 0.135 e. The lowest BCUT2D eigenvalue weighted by Gasteiger charge is -2.08. The fourth-order valence-corrected chi connectivity index (χ4v) is 3.12. The monoisotopic (exact) mass is 283 g/mol. The van der Waals surface area contributed by atoms with Gasteiger partial charge >= 0.3 is 0 Å². The molecule has 0 radical (unpaired) electrons. The van der Waals surface area contributed by atoms with Gasteiger partial charge < -0.3 is 9.72 Å². The quantitative estimate of drug-likeness (QED) is 0.393.